The van der Waals surface area contributed by atoms with Crippen molar-refractivity contribution in [1.29, 1.82) is 0 Å². The number of ether oxygens (including phenoxy) is 1. The minimum Gasteiger partial charge on any atom is -0.505 e. The largest absolute Gasteiger partial charge is 0.505 e. The van der Waals surface area contributed by atoms with Crippen molar-refractivity contribution in [2.45, 2.75) is 39.2 Å². The fourth-order valence-electron chi connectivity index (χ4n) is 2.43. The summed E-state index contributed by atoms with van der Waals surface area (Å²) in [6.07, 6.45) is 4.47. The zero-order valence-electron chi connectivity index (χ0n) is 13.4. The fourth-order valence-corrected chi connectivity index (χ4v) is 2.43. The van der Waals surface area contributed by atoms with Crippen LogP contribution in [0.5, 0.6) is 5.75 Å². The molecule has 1 amide bonds. The third-order valence-corrected chi connectivity index (χ3v) is 3.36. The Morgan fingerprint density at radius 3 is 2.77 bits per heavy atom. The molecule has 0 saturated carbocycles. The van der Waals surface area contributed by atoms with Gasteiger partial charge in [-0.15, -0.1) is 0 Å². The topological polar surface area (TPSA) is 87.6 Å². The van der Waals surface area contributed by atoms with Gasteiger partial charge in [-0.05, 0) is 39.5 Å². The average molecular weight is 308 g/mol. The first-order valence-corrected chi connectivity index (χ1v) is 7.56. The molecule has 1 aromatic rings. The van der Waals surface area contributed by atoms with Gasteiger partial charge in [0.2, 0.25) is 5.95 Å². The Hall–Kier alpha value is -2.05. The smallest absolute Gasteiger partial charge is 0.407 e. The lowest BCUT2D eigenvalue weighted by Crippen LogP contribution is -2.42. The number of anilines is 1. The first kappa shape index (κ1) is 16.3. The van der Waals surface area contributed by atoms with Crippen LogP contribution in [0.15, 0.2) is 12.4 Å². The van der Waals surface area contributed by atoms with Crippen LogP contribution < -0.4 is 10.2 Å². The SMILES string of the molecule is CC(C)(C)OC(=O)NCC1CCCN(c2ncc(O)cn2)C1. The standard InChI is InChI=1S/C15H24N4O3/c1-15(2,3)22-14(21)18-7-11-5-4-6-19(10-11)13-16-8-12(20)9-17-13/h8-9,11,20H,4-7,10H2,1-3H3,(H,18,21). The molecule has 1 aliphatic heterocycles. The molecule has 1 atom stereocenters. The second kappa shape index (κ2) is 6.81. The lowest BCUT2D eigenvalue weighted by atomic mass is 9.98. The lowest BCUT2D eigenvalue weighted by Gasteiger charge is -2.32. The number of aromatic nitrogens is 2. The fraction of sp³-hybridized carbons (Fsp3) is 0.667. The predicted octanol–water partition coefficient (Wildman–Crippen LogP) is 1.92. The highest BCUT2D eigenvalue weighted by Crippen LogP contribution is 2.20. The molecule has 2 heterocycles. The molecule has 1 aliphatic rings. The van der Waals surface area contributed by atoms with Crippen molar-refractivity contribution in [2.24, 2.45) is 5.92 Å². The summed E-state index contributed by atoms with van der Waals surface area (Å²) < 4.78 is 5.24. The number of hydrogen-bond donors (Lipinski definition) is 2. The summed E-state index contributed by atoms with van der Waals surface area (Å²) in [5, 5.41) is 12.1. The van der Waals surface area contributed by atoms with Crippen molar-refractivity contribution in [3.8, 4) is 5.75 Å². The maximum atomic E-state index is 11.7. The molecule has 1 fully saturated rings. The molecule has 1 aromatic heterocycles. The highest BCUT2D eigenvalue weighted by molar-refractivity contribution is 5.67. The summed E-state index contributed by atoms with van der Waals surface area (Å²) in [5.74, 6) is 1.00. The van der Waals surface area contributed by atoms with Crippen molar-refractivity contribution in [1.82, 2.24) is 15.3 Å². The normalized spacial score (nSPS) is 18.9. The van der Waals surface area contributed by atoms with Crippen molar-refractivity contribution in [3.63, 3.8) is 0 Å². The molecule has 0 radical (unpaired) electrons. The van der Waals surface area contributed by atoms with Crippen LogP contribution in [0.2, 0.25) is 0 Å². The molecule has 0 bridgehead atoms. The van der Waals surface area contributed by atoms with Crippen molar-refractivity contribution < 1.29 is 14.6 Å². The van der Waals surface area contributed by atoms with Gasteiger partial charge in [-0.1, -0.05) is 0 Å². The van der Waals surface area contributed by atoms with Crippen LogP contribution in [-0.4, -0.2) is 46.4 Å². The maximum absolute atomic E-state index is 11.7. The maximum Gasteiger partial charge on any atom is 0.407 e. The van der Waals surface area contributed by atoms with Gasteiger partial charge < -0.3 is 20.1 Å². The summed E-state index contributed by atoms with van der Waals surface area (Å²) in [5.41, 5.74) is -0.484. The Bertz CT molecular complexity index is 499. The quantitative estimate of drug-likeness (QED) is 0.887. The number of amides is 1. The number of nitrogens with zero attached hydrogens (tertiary/aromatic N) is 3. The Morgan fingerprint density at radius 2 is 2.14 bits per heavy atom. The molecule has 2 N–H and O–H groups in total. The minimum atomic E-state index is -0.484. The van der Waals surface area contributed by atoms with E-state index >= 15 is 0 Å². The van der Waals surface area contributed by atoms with E-state index in [1.54, 1.807) is 0 Å². The van der Waals surface area contributed by atoms with E-state index in [9.17, 15) is 9.90 Å². The predicted molar refractivity (Wildman–Crippen MR) is 82.9 cm³/mol. The molecule has 1 unspecified atom stereocenters. The monoisotopic (exact) mass is 308 g/mol. The molecule has 7 heteroatoms. The molecular formula is C15H24N4O3. The van der Waals surface area contributed by atoms with Gasteiger partial charge >= 0.3 is 6.09 Å². The van der Waals surface area contributed by atoms with E-state index in [4.69, 9.17) is 4.74 Å². The molecule has 22 heavy (non-hydrogen) atoms. The summed E-state index contributed by atoms with van der Waals surface area (Å²) >= 11 is 0. The molecule has 2 rings (SSSR count). The Labute approximate surface area is 130 Å². The molecule has 0 aliphatic carbocycles. The van der Waals surface area contributed by atoms with Crippen LogP contribution >= 0.6 is 0 Å². The Morgan fingerprint density at radius 1 is 1.45 bits per heavy atom. The summed E-state index contributed by atoms with van der Waals surface area (Å²) in [6.45, 7) is 7.77. The average Bonchev–Trinajstić information content (AvgIpc) is 2.44. The number of aromatic hydroxyl groups is 1. The third-order valence-electron chi connectivity index (χ3n) is 3.36. The number of alkyl carbamates (subject to hydrolysis) is 1. The molecule has 0 aromatic carbocycles. The zero-order valence-corrected chi connectivity index (χ0v) is 13.4. The van der Waals surface area contributed by atoms with E-state index in [1.807, 2.05) is 20.8 Å². The van der Waals surface area contributed by atoms with Crippen LogP contribution in [0.4, 0.5) is 10.7 Å². The van der Waals surface area contributed by atoms with E-state index < -0.39 is 5.60 Å². The molecule has 0 spiro atoms. The molecule has 122 valence electrons. The highest BCUT2D eigenvalue weighted by atomic mass is 16.6. The lowest BCUT2D eigenvalue weighted by molar-refractivity contribution is 0.0517. The highest BCUT2D eigenvalue weighted by Gasteiger charge is 2.23. The zero-order chi connectivity index (χ0) is 16.2. The van der Waals surface area contributed by atoms with E-state index in [1.165, 1.54) is 12.4 Å². The van der Waals surface area contributed by atoms with E-state index in [2.05, 4.69) is 20.2 Å². The molecular weight excluding hydrogens is 284 g/mol. The van der Waals surface area contributed by atoms with E-state index in [-0.39, 0.29) is 11.8 Å². The first-order valence-electron chi connectivity index (χ1n) is 7.56. The van der Waals surface area contributed by atoms with Crippen molar-refractivity contribution >= 4 is 12.0 Å². The first-order chi connectivity index (χ1) is 10.3. The second-order valence-corrected chi connectivity index (χ2v) is 6.58. The van der Waals surface area contributed by atoms with Crippen molar-refractivity contribution in [2.75, 3.05) is 24.5 Å². The Balaban J connectivity index is 1.83. The van der Waals surface area contributed by atoms with Gasteiger partial charge in [-0.25, -0.2) is 14.8 Å². The summed E-state index contributed by atoms with van der Waals surface area (Å²) in [6, 6.07) is 0. The van der Waals surface area contributed by atoms with E-state index in [0.717, 1.165) is 25.9 Å². The van der Waals surface area contributed by atoms with Crippen molar-refractivity contribution in [3.05, 3.63) is 12.4 Å². The number of carbonyl (C=O) groups is 1. The van der Waals surface area contributed by atoms with Gasteiger partial charge in [0.15, 0.2) is 5.75 Å². The van der Waals surface area contributed by atoms with Crippen LogP contribution in [0.3, 0.4) is 0 Å². The van der Waals surface area contributed by atoms with Crippen LogP contribution in [-0.2, 0) is 4.74 Å². The van der Waals surface area contributed by atoms with Gasteiger partial charge in [0.1, 0.15) is 5.60 Å². The van der Waals surface area contributed by atoms with Crippen LogP contribution in [0, 0.1) is 5.92 Å². The van der Waals surface area contributed by atoms with Crippen LogP contribution in [0.25, 0.3) is 0 Å². The van der Waals surface area contributed by atoms with E-state index in [0.29, 0.717) is 18.4 Å². The summed E-state index contributed by atoms with van der Waals surface area (Å²) in [4.78, 5) is 22.0. The number of nitrogens with one attached hydrogen (secondary N) is 1. The van der Waals surface area contributed by atoms with Gasteiger partial charge in [0.05, 0.1) is 12.4 Å². The number of rotatable bonds is 3. The molecule has 7 nitrogen and oxygen atoms in total. The van der Waals surface area contributed by atoms with Gasteiger partial charge in [0, 0.05) is 19.6 Å². The molecule has 1 saturated heterocycles. The number of carbonyl (C=O) groups excluding carboxylic acids is 1. The second-order valence-electron chi connectivity index (χ2n) is 6.58. The summed E-state index contributed by atoms with van der Waals surface area (Å²) in [7, 11) is 0. The number of hydrogen-bond acceptors (Lipinski definition) is 6. The number of piperidine rings is 1. The Kier molecular flexibility index (Phi) is 5.05. The van der Waals surface area contributed by atoms with Gasteiger partial charge in [0.25, 0.3) is 0 Å². The third kappa shape index (κ3) is 5.05. The van der Waals surface area contributed by atoms with Gasteiger partial charge in [-0.3, -0.25) is 0 Å². The van der Waals surface area contributed by atoms with Gasteiger partial charge in [-0.2, -0.15) is 0 Å². The minimum absolute atomic E-state index is 0.0592. The van der Waals surface area contributed by atoms with Crippen LogP contribution in [0.1, 0.15) is 33.6 Å².